The molecule has 1 rings (SSSR count). The first-order chi connectivity index (χ1) is 5.70. The largest absolute Gasteiger partial charge is 0.394 e. The van der Waals surface area contributed by atoms with E-state index in [4.69, 9.17) is 14.9 Å². The van der Waals surface area contributed by atoms with E-state index >= 15 is 0 Å². The third kappa shape index (κ3) is 1.61. The smallest absolute Gasteiger partial charge is 0.149 e. The van der Waals surface area contributed by atoms with Crippen molar-refractivity contribution in [1.82, 2.24) is 0 Å². The van der Waals surface area contributed by atoms with E-state index in [1.54, 1.807) is 0 Å². The minimum atomic E-state index is -1.24. The summed E-state index contributed by atoms with van der Waals surface area (Å²) >= 11 is 0. The van der Waals surface area contributed by atoms with Gasteiger partial charge in [0.05, 0.1) is 13.2 Å². The lowest BCUT2D eigenvalue weighted by Gasteiger charge is -2.33. The summed E-state index contributed by atoms with van der Waals surface area (Å²) in [6.45, 7) is -0.474. The number of rotatable bonds is 2. The number of nitrogens with zero attached hydrogens (tertiary/aromatic N) is 1. The topological polar surface area (TPSA) is 99.4 Å². The molecule has 3 N–H and O–H groups in total. The Labute approximate surface area is 68.7 Å². The summed E-state index contributed by atoms with van der Waals surface area (Å²) in [6.07, 6.45) is -3.15. The van der Waals surface area contributed by atoms with Crippen LogP contribution in [0.2, 0.25) is 0 Å². The van der Waals surface area contributed by atoms with Gasteiger partial charge in [0.2, 0.25) is 0 Å². The van der Waals surface area contributed by atoms with Crippen LogP contribution in [0.5, 0.6) is 0 Å². The maximum absolute atomic E-state index is 10.2. The monoisotopic (exact) mass is 177 g/mol. The summed E-state index contributed by atoms with van der Waals surface area (Å²) in [7, 11) is 0. The average molecular weight is 177 g/mol. The fourth-order valence-corrected chi connectivity index (χ4v) is 1.16. The molecule has 0 amide bonds. The SMILES string of the molecule is O=NC1C(CO)OCC(O)C1O. The predicted octanol–water partition coefficient (Wildman–Crippen LogP) is -1.77. The van der Waals surface area contributed by atoms with Crippen LogP contribution in [-0.4, -0.2) is 52.9 Å². The Morgan fingerprint density at radius 1 is 1.50 bits per heavy atom. The van der Waals surface area contributed by atoms with Crippen molar-refractivity contribution in [3.63, 3.8) is 0 Å². The van der Waals surface area contributed by atoms with Gasteiger partial charge in [0.15, 0.2) is 0 Å². The van der Waals surface area contributed by atoms with Gasteiger partial charge >= 0.3 is 0 Å². The van der Waals surface area contributed by atoms with Crippen LogP contribution in [0.1, 0.15) is 0 Å². The lowest BCUT2D eigenvalue weighted by molar-refractivity contribution is -0.143. The van der Waals surface area contributed by atoms with Gasteiger partial charge in [0.25, 0.3) is 0 Å². The number of hydrogen-bond acceptors (Lipinski definition) is 6. The molecule has 4 atom stereocenters. The van der Waals surface area contributed by atoms with Crippen LogP contribution < -0.4 is 0 Å². The normalized spacial score (nSPS) is 42.6. The highest BCUT2D eigenvalue weighted by Crippen LogP contribution is 2.17. The number of ether oxygens (including phenoxy) is 1. The molecule has 0 aromatic rings. The van der Waals surface area contributed by atoms with Crippen LogP contribution in [0.3, 0.4) is 0 Å². The molecular weight excluding hydrogens is 166 g/mol. The number of nitroso groups, excluding NO2 is 1. The Bertz CT molecular complexity index is 162. The first-order valence-electron chi connectivity index (χ1n) is 3.61. The molecule has 6 nitrogen and oxygen atoms in total. The highest BCUT2D eigenvalue weighted by Gasteiger charge is 2.39. The van der Waals surface area contributed by atoms with E-state index in [2.05, 4.69) is 5.18 Å². The predicted molar refractivity (Wildman–Crippen MR) is 38.4 cm³/mol. The molecule has 1 aliphatic rings. The van der Waals surface area contributed by atoms with E-state index in [1.807, 2.05) is 0 Å². The summed E-state index contributed by atoms with van der Waals surface area (Å²) in [5.41, 5.74) is 0. The van der Waals surface area contributed by atoms with Crippen molar-refractivity contribution in [2.45, 2.75) is 24.4 Å². The van der Waals surface area contributed by atoms with Crippen LogP contribution in [0.4, 0.5) is 0 Å². The van der Waals surface area contributed by atoms with Crippen molar-refractivity contribution in [1.29, 1.82) is 0 Å². The minimum absolute atomic E-state index is 0.0849. The Morgan fingerprint density at radius 3 is 2.67 bits per heavy atom. The van der Waals surface area contributed by atoms with Crippen LogP contribution in [0.25, 0.3) is 0 Å². The summed E-state index contributed by atoms with van der Waals surface area (Å²) in [4.78, 5) is 10.2. The summed E-state index contributed by atoms with van der Waals surface area (Å²) in [5, 5.41) is 29.5. The zero-order valence-corrected chi connectivity index (χ0v) is 6.33. The highest BCUT2D eigenvalue weighted by atomic mass is 16.5. The van der Waals surface area contributed by atoms with Crippen LogP contribution in [0.15, 0.2) is 5.18 Å². The van der Waals surface area contributed by atoms with E-state index in [1.165, 1.54) is 0 Å². The number of aliphatic hydroxyl groups excluding tert-OH is 3. The van der Waals surface area contributed by atoms with Crippen LogP contribution in [0, 0.1) is 4.91 Å². The van der Waals surface area contributed by atoms with Gasteiger partial charge in [-0.25, -0.2) is 0 Å². The van der Waals surface area contributed by atoms with E-state index < -0.39 is 24.4 Å². The molecule has 0 spiro atoms. The zero-order chi connectivity index (χ0) is 9.14. The Kier molecular flexibility index (Phi) is 3.10. The number of aliphatic hydroxyl groups is 3. The van der Waals surface area contributed by atoms with Crippen molar-refractivity contribution < 1.29 is 20.1 Å². The highest BCUT2D eigenvalue weighted by molar-refractivity contribution is 4.91. The summed E-state index contributed by atoms with van der Waals surface area (Å²) in [5.74, 6) is 0. The molecule has 1 saturated heterocycles. The lowest BCUT2D eigenvalue weighted by Crippen LogP contribution is -2.53. The second kappa shape index (κ2) is 3.90. The molecule has 0 aliphatic carbocycles. The average Bonchev–Trinajstić information content (AvgIpc) is 2.09. The van der Waals surface area contributed by atoms with Gasteiger partial charge in [-0.15, -0.1) is 0 Å². The lowest BCUT2D eigenvalue weighted by atomic mass is 9.99. The third-order valence-electron chi connectivity index (χ3n) is 1.91. The summed E-state index contributed by atoms with van der Waals surface area (Å²) in [6, 6.07) is -1.08. The minimum Gasteiger partial charge on any atom is -0.394 e. The van der Waals surface area contributed by atoms with Gasteiger partial charge < -0.3 is 20.1 Å². The van der Waals surface area contributed by atoms with Crippen molar-refractivity contribution in [2.75, 3.05) is 13.2 Å². The first kappa shape index (κ1) is 9.53. The molecule has 12 heavy (non-hydrogen) atoms. The van der Waals surface area contributed by atoms with Crippen molar-refractivity contribution in [3.05, 3.63) is 4.91 Å². The molecular formula is C6H11NO5. The quantitative estimate of drug-likeness (QED) is 0.434. The van der Waals surface area contributed by atoms with E-state index in [0.29, 0.717) is 0 Å². The molecule has 70 valence electrons. The molecule has 0 aromatic carbocycles. The van der Waals surface area contributed by atoms with Gasteiger partial charge in [-0.1, -0.05) is 5.18 Å². The van der Waals surface area contributed by atoms with Crippen molar-refractivity contribution in [2.24, 2.45) is 5.18 Å². The maximum atomic E-state index is 10.2. The molecule has 6 heteroatoms. The fourth-order valence-electron chi connectivity index (χ4n) is 1.16. The zero-order valence-electron chi connectivity index (χ0n) is 6.33. The standard InChI is InChI=1S/C6H11NO5/c8-1-4-5(7-11)6(10)3(9)2-12-4/h3-6,8-10H,1-2H2. The Morgan fingerprint density at radius 2 is 2.17 bits per heavy atom. The van der Waals surface area contributed by atoms with Gasteiger partial charge in [-0.2, -0.15) is 4.91 Å². The molecule has 1 fully saturated rings. The molecule has 0 aromatic heterocycles. The van der Waals surface area contributed by atoms with Crippen LogP contribution in [-0.2, 0) is 4.74 Å². The molecule has 0 bridgehead atoms. The Hall–Kier alpha value is -0.560. The second-order valence-electron chi connectivity index (χ2n) is 2.71. The fraction of sp³-hybridized carbons (Fsp3) is 1.00. The van der Waals surface area contributed by atoms with Crippen molar-refractivity contribution in [3.8, 4) is 0 Å². The van der Waals surface area contributed by atoms with E-state index in [-0.39, 0.29) is 13.2 Å². The van der Waals surface area contributed by atoms with Gasteiger partial charge in [-0.05, 0) is 0 Å². The third-order valence-corrected chi connectivity index (χ3v) is 1.91. The van der Waals surface area contributed by atoms with E-state index in [0.717, 1.165) is 0 Å². The van der Waals surface area contributed by atoms with Gasteiger partial charge in [0, 0.05) is 0 Å². The first-order valence-corrected chi connectivity index (χ1v) is 3.61. The van der Waals surface area contributed by atoms with Crippen LogP contribution >= 0.6 is 0 Å². The van der Waals surface area contributed by atoms with Crippen molar-refractivity contribution >= 4 is 0 Å². The molecule has 0 radical (unpaired) electrons. The van der Waals surface area contributed by atoms with Gasteiger partial charge in [0.1, 0.15) is 24.4 Å². The summed E-state index contributed by atoms with van der Waals surface area (Å²) < 4.78 is 4.86. The molecule has 1 aliphatic heterocycles. The molecule has 0 saturated carbocycles. The maximum Gasteiger partial charge on any atom is 0.149 e. The number of hydrogen-bond donors (Lipinski definition) is 3. The molecule has 4 unspecified atom stereocenters. The molecule has 1 heterocycles. The second-order valence-corrected chi connectivity index (χ2v) is 2.71. The van der Waals surface area contributed by atoms with Gasteiger partial charge in [-0.3, -0.25) is 0 Å². The Balaban J connectivity index is 2.64. The van der Waals surface area contributed by atoms with E-state index in [9.17, 15) is 10.0 Å².